The second kappa shape index (κ2) is 1.99. The van der Waals surface area contributed by atoms with E-state index in [1.165, 1.54) is 0 Å². The van der Waals surface area contributed by atoms with Crippen molar-refractivity contribution in [2.24, 2.45) is 0 Å². The van der Waals surface area contributed by atoms with Gasteiger partial charge in [-0.2, -0.15) is 0 Å². The number of hydrogen-bond donors (Lipinski definition) is 1. The van der Waals surface area contributed by atoms with Crippen LogP contribution in [0.1, 0.15) is 5.56 Å². The Morgan fingerprint density at radius 3 is 3.40 bits per heavy atom. The minimum Gasteiger partial charge on any atom is -0.494 e. The molecule has 1 N–H and O–H groups in total. The molecule has 0 atom stereocenters. The van der Waals surface area contributed by atoms with Crippen molar-refractivity contribution in [1.82, 2.24) is 4.98 Å². The quantitative estimate of drug-likeness (QED) is 0.478. The number of aromatic nitrogens is 1. The molecule has 1 aromatic heterocycles. The molecule has 0 amide bonds. The van der Waals surface area contributed by atoms with Crippen LogP contribution in [0.3, 0.4) is 0 Å². The molecule has 50 valence electrons. The average molecular weight is 135 g/mol. The molecule has 1 aromatic rings. The highest BCUT2D eigenvalue weighted by Gasteiger charge is 2.16. The van der Waals surface area contributed by atoms with E-state index in [0.29, 0.717) is 14.1 Å². The summed E-state index contributed by atoms with van der Waals surface area (Å²) < 4.78 is 5.10. The summed E-state index contributed by atoms with van der Waals surface area (Å²) >= 11 is 0. The number of rotatable bonds is 0. The molecule has 0 saturated heterocycles. The van der Waals surface area contributed by atoms with E-state index in [1.807, 2.05) is 6.07 Å². The van der Waals surface area contributed by atoms with E-state index in [9.17, 15) is 0 Å². The van der Waals surface area contributed by atoms with Crippen LogP contribution in [-0.2, 0) is 11.3 Å². The smallest absolute Gasteiger partial charge is 0.315 e. The van der Waals surface area contributed by atoms with Crippen LogP contribution in [0.25, 0.3) is 0 Å². The van der Waals surface area contributed by atoms with Crippen molar-refractivity contribution in [1.29, 1.82) is 0 Å². The zero-order valence-corrected chi connectivity index (χ0v) is 5.37. The molecule has 0 spiro atoms. The van der Waals surface area contributed by atoms with E-state index in [2.05, 4.69) is 4.98 Å². The van der Waals surface area contributed by atoms with Gasteiger partial charge in [-0.25, -0.2) is 4.98 Å². The maximum absolute atomic E-state index is 9.14. The summed E-state index contributed by atoms with van der Waals surface area (Å²) in [5, 5.41) is 9.14. The van der Waals surface area contributed by atoms with Crippen LogP contribution < -0.4 is 5.46 Å². The van der Waals surface area contributed by atoms with Gasteiger partial charge in [0.05, 0.1) is 6.61 Å². The Morgan fingerprint density at radius 1 is 1.70 bits per heavy atom. The van der Waals surface area contributed by atoms with Gasteiger partial charge in [0.2, 0.25) is 5.88 Å². The van der Waals surface area contributed by atoms with Crippen molar-refractivity contribution in [2.45, 2.75) is 6.61 Å². The second-order valence-electron chi connectivity index (χ2n) is 2.27. The number of aromatic hydroxyl groups is 1. The van der Waals surface area contributed by atoms with Crippen molar-refractivity contribution in [2.75, 3.05) is 0 Å². The maximum Gasteiger partial charge on any atom is 0.315 e. The van der Waals surface area contributed by atoms with E-state index in [1.54, 1.807) is 6.20 Å². The Morgan fingerprint density at radius 2 is 2.60 bits per heavy atom. The van der Waals surface area contributed by atoms with Crippen LogP contribution in [0.2, 0.25) is 0 Å². The van der Waals surface area contributed by atoms with Crippen LogP contribution in [0.4, 0.5) is 0 Å². The number of pyridine rings is 1. The van der Waals surface area contributed by atoms with Gasteiger partial charge in [0.25, 0.3) is 0 Å². The van der Waals surface area contributed by atoms with E-state index in [-0.39, 0.29) is 5.88 Å². The SMILES string of the molecule is Oc1nccc2c1BOC2. The Labute approximate surface area is 58.9 Å². The van der Waals surface area contributed by atoms with Gasteiger partial charge in [0, 0.05) is 11.7 Å². The Kier molecular flexibility index (Phi) is 1.14. The predicted octanol–water partition coefficient (Wildman–Crippen LogP) is -0.706. The normalized spacial score (nSPS) is 14.4. The summed E-state index contributed by atoms with van der Waals surface area (Å²) in [7, 11) is 0.495. The molecule has 10 heavy (non-hydrogen) atoms. The van der Waals surface area contributed by atoms with Gasteiger partial charge in [0.1, 0.15) is 0 Å². The summed E-state index contributed by atoms with van der Waals surface area (Å²) in [5.74, 6) is 0.106. The van der Waals surface area contributed by atoms with Crippen LogP contribution in [-0.4, -0.2) is 17.6 Å². The first-order valence-corrected chi connectivity index (χ1v) is 3.11. The summed E-state index contributed by atoms with van der Waals surface area (Å²) in [6.07, 6.45) is 1.59. The van der Waals surface area contributed by atoms with Gasteiger partial charge in [-0.05, 0) is 11.6 Å². The molecule has 0 aromatic carbocycles. The zero-order chi connectivity index (χ0) is 6.97. The minimum atomic E-state index is 0.106. The molecule has 0 radical (unpaired) electrons. The number of hydrogen-bond acceptors (Lipinski definition) is 3. The van der Waals surface area contributed by atoms with E-state index < -0.39 is 0 Å². The summed E-state index contributed by atoms with van der Waals surface area (Å²) in [6, 6.07) is 1.86. The number of fused-ring (bicyclic) bond motifs is 1. The van der Waals surface area contributed by atoms with Crippen molar-refractivity contribution in [3.63, 3.8) is 0 Å². The first-order chi connectivity index (χ1) is 4.88. The van der Waals surface area contributed by atoms with Crippen molar-refractivity contribution >= 4 is 12.9 Å². The standard InChI is InChI=1S/C6H6BNO2/c9-6-5-4(1-2-8-6)3-10-7-5/h1-2,7H,3H2,(H,8,9). The molecule has 4 heteroatoms. The molecular formula is C6H6BNO2. The first kappa shape index (κ1) is 5.74. The lowest BCUT2D eigenvalue weighted by Gasteiger charge is -1.95. The van der Waals surface area contributed by atoms with Crippen molar-refractivity contribution < 1.29 is 9.76 Å². The fourth-order valence-electron chi connectivity index (χ4n) is 1.08. The summed E-state index contributed by atoms with van der Waals surface area (Å²) in [6.45, 7) is 0.603. The largest absolute Gasteiger partial charge is 0.494 e. The zero-order valence-electron chi connectivity index (χ0n) is 5.37. The third-order valence-electron chi connectivity index (χ3n) is 1.63. The fraction of sp³-hybridized carbons (Fsp3) is 0.167. The van der Waals surface area contributed by atoms with Crippen LogP contribution >= 0.6 is 0 Å². The monoisotopic (exact) mass is 135 g/mol. The van der Waals surface area contributed by atoms with Crippen LogP contribution in [0.5, 0.6) is 5.88 Å². The Balaban J connectivity index is 2.59. The van der Waals surface area contributed by atoms with E-state index in [4.69, 9.17) is 9.76 Å². The van der Waals surface area contributed by atoms with Gasteiger partial charge in [-0.3, -0.25) is 0 Å². The van der Waals surface area contributed by atoms with Crippen LogP contribution in [0.15, 0.2) is 12.3 Å². The first-order valence-electron chi connectivity index (χ1n) is 3.11. The van der Waals surface area contributed by atoms with Gasteiger partial charge in [0.15, 0.2) is 0 Å². The minimum absolute atomic E-state index is 0.106. The lowest BCUT2D eigenvalue weighted by Crippen LogP contribution is -2.12. The molecule has 1 aliphatic rings. The molecule has 3 nitrogen and oxygen atoms in total. The highest BCUT2D eigenvalue weighted by Crippen LogP contribution is 2.09. The Bertz CT molecular complexity index is 264. The maximum atomic E-state index is 9.14. The third kappa shape index (κ3) is 0.692. The van der Waals surface area contributed by atoms with E-state index in [0.717, 1.165) is 11.0 Å². The molecule has 0 aliphatic carbocycles. The number of nitrogens with zero attached hydrogens (tertiary/aromatic N) is 1. The highest BCUT2D eigenvalue weighted by atomic mass is 16.4. The lowest BCUT2D eigenvalue weighted by atomic mass is 9.89. The van der Waals surface area contributed by atoms with Gasteiger partial charge >= 0.3 is 7.48 Å². The van der Waals surface area contributed by atoms with Crippen molar-refractivity contribution in [3.05, 3.63) is 17.8 Å². The third-order valence-corrected chi connectivity index (χ3v) is 1.63. The summed E-state index contributed by atoms with van der Waals surface area (Å²) in [4.78, 5) is 3.73. The molecule has 1 aliphatic heterocycles. The van der Waals surface area contributed by atoms with Gasteiger partial charge in [-0.1, -0.05) is 0 Å². The Hall–Kier alpha value is -1.03. The molecule has 2 heterocycles. The fourth-order valence-corrected chi connectivity index (χ4v) is 1.08. The van der Waals surface area contributed by atoms with E-state index >= 15 is 0 Å². The molecule has 0 saturated carbocycles. The predicted molar refractivity (Wildman–Crippen MR) is 37.5 cm³/mol. The lowest BCUT2D eigenvalue weighted by molar-refractivity contribution is 0.345. The van der Waals surface area contributed by atoms with Crippen molar-refractivity contribution in [3.8, 4) is 5.88 Å². The second-order valence-corrected chi connectivity index (χ2v) is 2.27. The summed E-state index contributed by atoms with van der Waals surface area (Å²) in [5.41, 5.74) is 1.88. The average Bonchev–Trinajstić information content (AvgIpc) is 2.36. The molecule has 0 bridgehead atoms. The topological polar surface area (TPSA) is 42.4 Å². The highest BCUT2D eigenvalue weighted by molar-refractivity contribution is 6.50. The van der Waals surface area contributed by atoms with Gasteiger partial charge in [-0.15, -0.1) is 0 Å². The molecular weight excluding hydrogens is 129 g/mol. The van der Waals surface area contributed by atoms with Crippen LogP contribution in [0, 0.1) is 0 Å². The van der Waals surface area contributed by atoms with Gasteiger partial charge < -0.3 is 9.76 Å². The molecule has 0 unspecified atom stereocenters. The molecule has 0 fully saturated rings. The molecule has 2 rings (SSSR count).